The van der Waals surface area contributed by atoms with Gasteiger partial charge in [0.25, 0.3) is 0 Å². The van der Waals surface area contributed by atoms with Crippen LogP contribution in [0.5, 0.6) is 0 Å². The van der Waals surface area contributed by atoms with Crippen LogP contribution < -0.4 is 0 Å². The quantitative estimate of drug-likeness (QED) is 0.157. The smallest absolute Gasteiger partial charge is 0.165 e. The molecule has 0 bridgehead atoms. The normalized spacial score (nSPS) is 11.2. The van der Waals surface area contributed by atoms with E-state index in [0.29, 0.717) is 22.5 Å². The first-order chi connectivity index (χ1) is 26.6. The zero-order valence-corrected chi connectivity index (χ0v) is 30.3. The van der Waals surface area contributed by atoms with Gasteiger partial charge in [0, 0.05) is 28.7 Å². The van der Waals surface area contributed by atoms with Gasteiger partial charge in [0.1, 0.15) is 5.82 Å². The highest BCUT2D eigenvalue weighted by molar-refractivity contribution is 6.33. The highest BCUT2D eigenvalue weighted by Gasteiger charge is 2.20. The maximum Gasteiger partial charge on any atom is 0.165 e. The molecule has 0 fully saturated rings. The molecule has 5 nitrogen and oxygen atoms in total. The summed E-state index contributed by atoms with van der Waals surface area (Å²) in [5, 5.41) is 0.577. The Morgan fingerprint density at radius 2 is 0.926 bits per heavy atom. The van der Waals surface area contributed by atoms with Crippen LogP contribution in [0, 0.1) is 0 Å². The highest BCUT2D eigenvalue weighted by Crippen LogP contribution is 2.40. The Balaban J connectivity index is 1.33. The van der Waals surface area contributed by atoms with E-state index < -0.39 is 0 Å². The van der Waals surface area contributed by atoms with Crippen LogP contribution in [0.1, 0.15) is 12.7 Å². The Labute approximate surface area is 319 Å². The first-order valence-corrected chi connectivity index (χ1v) is 18.5. The summed E-state index contributed by atoms with van der Waals surface area (Å²) in [4.78, 5) is 20.2. The van der Waals surface area contributed by atoms with Gasteiger partial charge >= 0.3 is 0 Å². The maximum atomic E-state index is 6.77. The first-order valence-electron chi connectivity index (χ1n) is 18.1. The van der Waals surface area contributed by atoms with Crippen LogP contribution in [-0.2, 0) is 6.42 Å². The van der Waals surface area contributed by atoms with Crippen molar-refractivity contribution in [2.45, 2.75) is 13.3 Å². The van der Waals surface area contributed by atoms with Crippen LogP contribution >= 0.6 is 11.6 Å². The topological polar surface area (TPSA) is 56.5 Å². The summed E-state index contributed by atoms with van der Waals surface area (Å²) >= 11 is 6.77. The molecule has 0 saturated carbocycles. The Kier molecular flexibility index (Phi) is 8.83. The lowest BCUT2D eigenvalue weighted by Gasteiger charge is -2.18. The van der Waals surface area contributed by atoms with E-state index in [4.69, 9.17) is 31.5 Å². The maximum absolute atomic E-state index is 6.77. The van der Waals surface area contributed by atoms with Crippen molar-refractivity contribution in [3.63, 3.8) is 0 Å². The van der Waals surface area contributed by atoms with E-state index in [9.17, 15) is 0 Å². The van der Waals surface area contributed by atoms with Crippen molar-refractivity contribution in [1.82, 2.24) is 24.5 Å². The summed E-state index contributed by atoms with van der Waals surface area (Å²) in [6, 6.07) is 60.3. The molecule has 258 valence electrons. The van der Waals surface area contributed by atoms with Crippen molar-refractivity contribution < 1.29 is 0 Å². The highest BCUT2D eigenvalue weighted by atomic mass is 35.5. The average Bonchev–Trinajstić information content (AvgIpc) is 3.63. The van der Waals surface area contributed by atoms with Gasteiger partial charge in [0.2, 0.25) is 0 Å². The fourth-order valence-electron chi connectivity index (χ4n) is 7.15. The molecule has 0 aliphatic heterocycles. The molecule has 6 heteroatoms. The third-order valence-electron chi connectivity index (χ3n) is 9.70. The molecular weight excluding hydrogens is 682 g/mol. The zero-order valence-electron chi connectivity index (χ0n) is 29.6. The molecule has 0 saturated heterocycles. The van der Waals surface area contributed by atoms with Gasteiger partial charge in [-0.1, -0.05) is 146 Å². The van der Waals surface area contributed by atoms with E-state index in [-0.39, 0.29) is 0 Å². The molecule has 0 atom stereocenters. The van der Waals surface area contributed by atoms with Crippen LogP contribution in [0.4, 0.5) is 0 Å². The van der Waals surface area contributed by atoms with E-state index in [2.05, 4.69) is 121 Å². The number of benzene rings is 7. The Bertz CT molecular complexity index is 2770. The number of aryl methyl sites for hydroxylation is 1. The van der Waals surface area contributed by atoms with Gasteiger partial charge in [-0.2, -0.15) is 0 Å². The van der Waals surface area contributed by atoms with Gasteiger partial charge in [0.15, 0.2) is 17.5 Å². The number of rotatable bonds is 8. The van der Waals surface area contributed by atoms with Crippen LogP contribution in [-0.4, -0.2) is 24.5 Å². The van der Waals surface area contributed by atoms with Crippen molar-refractivity contribution in [1.29, 1.82) is 0 Å². The number of imidazole rings is 1. The second-order valence-corrected chi connectivity index (χ2v) is 13.5. The van der Waals surface area contributed by atoms with Crippen molar-refractivity contribution in [2.75, 3.05) is 0 Å². The van der Waals surface area contributed by atoms with Gasteiger partial charge in [-0.3, -0.25) is 4.57 Å². The molecule has 2 aromatic heterocycles. The summed E-state index contributed by atoms with van der Waals surface area (Å²) in [5.41, 5.74) is 12.1. The van der Waals surface area contributed by atoms with Crippen LogP contribution in [0.2, 0.25) is 5.02 Å². The lowest BCUT2D eigenvalue weighted by Crippen LogP contribution is -2.03. The number of fused-ring (bicyclic) bond motifs is 1. The molecule has 2 heterocycles. The average molecular weight is 716 g/mol. The summed E-state index contributed by atoms with van der Waals surface area (Å²) < 4.78 is 2.29. The lowest BCUT2D eigenvalue weighted by atomic mass is 9.90. The molecule has 0 aliphatic rings. The molecule has 0 unspecified atom stereocenters. The molecule has 0 spiro atoms. The summed E-state index contributed by atoms with van der Waals surface area (Å²) in [5.74, 6) is 2.65. The Hall–Kier alpha value is -6.69. The Morgan fingerprint density at radius 3 is 1.63 bits per heavy atom. The van der Waals surface area contributed by atoms with E-state index in [0.717, 1.165) is 79.0 Å². The summed E-state index contributed by atoms with van der Waals surface area (Å²) in [7, 11) is 0. The van der Waals surface area contributed by atoms with Gasteiger partial charge in [-0.05, 0) is 76.3 Å². The second kappa shape index (κ2) is 14.4. The molecule has 9 aromatic rings. The monoisotopic (exact) mass is 715 g/mol. The molecule has 0 radical (unpaired) electrons. The van der Waals surface area contributed by atoms with Crippen LogP contribution in [0.15, 0.2) is 176 Å². The lowest BCUT2D eigenvalue weighted by molar-refractivity contribution is 0.909. The number of halogens is 1. The van der Waals surface area contributed by atoms with Gasteiger partial charge in [0.05, 0.1) is 21.7 Å². The largest absolute Gasteiger partial charge is 0.296 e. The van der Waals surface area contributed by atoms with E-state index in [1.165, 1.54) is 0 Å². The number of para-hydroxylation sites is 3. The molecule has 7 aromatic carbocycles. The number of hydrogen-bond donors (Lipinski definition) is 0. The van der Waals surface area contributed by atoms with E-state index >= 15 is 0 Å². The minimum atomic E-state index is 0.513. The third-order valence-corrected chi connectivity index (χ3v) is 10.0. The van der Waals surface area contributed by atoms with Gasteiger partial charge in [-0.25, -0.2) is 19.9 Å². The van der Waals surface area contributed by atoms with Crippen molar-refractivity contribution in [3.8, 4) is 73.2 Å². The zero-order chi connectivity index (χ0) is 36.4. The first kappa shape index (κ1) is 33.2. The molecule has 0 aliphatic carbocycles. The Morgan fingerprint density at radius 1 is 0.426 bits per heavy atom. The fraction of sp³-hybridized carbons (Fsp3) is 0.0417. The van der Waals surface area contributed by atoms with E-state index in [1.54, 1.807) is 0 Å². The third kappa shape index (κ3) is 6.25. The summed E-state index contributed by atoms with van der Waals surface area (Å²) in [6.07, 6.45) is 0.788. The van der Waals surface area contributed by atoms with Crippen molar-refractivity contribution in [2.24, 2.45) is 0 Å². The predicted molar refractivity (Wildman–Crippen MR) is 221 cm³/mol. The van der Waals surface area contributed by atoms with Gasteiger partial charge < -0.3 is 0 Å². The van der Waals surface area contributed by atoms with E-state index in [1.807, 2.05) is 66.7 Å². The standard InChI is InChI=1S/C48H34ClN5/c1-2-45-50-42-26-14-16-28-44(42)54(45)43-27-15-12-23-39(43)35-29-34(38-22-10-9-21-37(38)32-17-5-3-6-18-32)30-36(31-35)47-51-46(33-19-7-4-8-20-33)52-48(53-47)40-24-11-13-25-41(40)49/h3-31H,2H2,1H3. The molecular formula is C48H34ClN5. The number of aromatic nitrogens is 5. The van der Waals surface area contributed by atoms with Crippen molar-refractivity contribution >= 4 is 22.6 Å². The molecule has 9 rings (SSSR count). The minimum absolute atomic E-state index is 0.513. The number of hydrogen-bond acceptors (Lipinski definition) is 4. The molecule has 54 heavy (non-hydrogen) atoms. The molecule has 0 N–H and O–H groups in total. The minimum Gasteiger partial charge on any atom is -0.296 e. The number of nitrogens with zero attached hydrogens (tertiary/aromatic N) is 5. The SMILES string of the molecule is CCc1nc2ccccc2n1-c1ccccc1-c1cc(-c2nc(-c3ccccc3)nc(-c3ccccc3Cl)n2)cc(-c2ccccc2-c2ccccc2)c1. The van der Waals surface area contributed by atoms with Crippen molar-refractivity contribution in [3.05, 3.63) is 187 Å². The summed E-state index contributed by atoms with van der Waals surface area (Å²) in [6.45, 7) is 2.15. The predicted octanol–water partition coefficient (Wildman–Crippen LogP) is 12.4. The fourth-order valence-corrected chi connectivity index (χ4v) is 7.37. The van der Waals surface area contributed by atoms with Gasteiger partial charge in [-0.15, -0.1) is 0 Å². The molecule has 0 amide bonds. The van der Waals surface area contributed by atoms with Crippen LogP contribution in [0.25, 0.3) is 84.3 Å². The van der Waals surface area contributed by atoms with Crippen LogP contribution in [0.3, 0.4) is 0 Å². The second-order valence-electron chi connectivity index (χ2n) is 13.1.